The summed E-state index contributed by atoms with van der Waals surface area (Å²) in [6, 6.07) is -0.246. The third kappa shape index (κ3) is 9.42. The molecule has 0 fully saturated rings. The van der Waals surface area contributed by atoms with Gasteiger partial charge in [0.2, 0.25) is 0 Å². The Balaban J connectivity index is 3.80. The van der Waals surface area contributed by atoms with Crippen LogP contribution < -0.4 is 5.32 Å². The van der Waals surface area contributed by atoms with Gasteiger partial charge >= 0.3 is 5.97 Å². The predicted molar refractivity (Wildman–Crippen MR) is 73.6 cm³/mol. The van der Waals surface area contributed by atoms with E-state index >= 15 is 0 Å². The molecule has 18 heavy (non-hydrogen) atoms. The molecule has 0 bridgehead atoms. The highest BCUT2D eigenvalue weighted by atomic mass is 16.5. The molecule has 0 amide bonds. The molecule has 0 aromatic rings. The molecule has 1 atom stereocenters. The maximum absolute atomic E-state index is 11.6. The van der Waals surface area contributed by atoms with Crippen LogP contribution in [-0.4, -0.2) is 38.4 Å². The molecule has 0 saturated heterocycles. The third-order valence-corrected chi connectivity index (χ3v) is 2.57. The molecule has 0 saturated carbocycles. The number of likely N-dealkylation sites (N-methyl/N-ethyl adjacent to an activating group) is 1. The van der Waals surface area contributed by atoms with Crippen LogP contribution in [-0.2, 0) is 14.3 Å². The van der Waals surface area contributed by atoms with Crippen LogP contribution in [0.3, 0.4) is 0 Å². The molecule has 4 nitrogen and oxygen atoms in total. The fourth-order valence-electron chi connectivity index (χ4n) is 1.47. The average Bonchev–Trinajstić information content (AvgIpc) is 2.26. The first kappa shape index (κ1) is 17.4. The highest BCUT2D eigenvalue weighted by Gasteiger charge is 2.18. The van der Waals surface area contributed by atoms with E-state index in [-0.39, 0.29) is 12.0 Å². The Morgan fingerprint density at radius 1 is 1.22 bits per heavy atom. The lowest BCUT2D eigenvalue weighted by Crippen LogP contribution is -2.39. The number of carbonyl (C=O) groups is 1. The molecule has 108 valence electrons. The molecule has 0 heterocycles. The molecule has 0 aliphatic heterocycles. The van der Waals surface area contributed by atoms with Crippen LogP contribution in [0, 0.1) is 5.41 Å². The fraction of sp³-hybridized carbons (Fsp3) is 0.929. The summed E-state index contributed by atoms with van der Waals surface area (Å²) in [7, 11) is 0. The fourth-order valence-corrected chi connectivity index (χ4v) is 1.47. The number of ether oxygens (including phenoxy) is 2. The molecular formula is C14H29NO3. The first-order valence-electron chi connectivity index (χ1n) is 6.88. The number of hydrogen-bond donors (Lipinski definition) is 1. The van der Waals surface area contributed by atoms with Gasteiger partial charge in [0, 0.05) is 13.2 Å². The van der Waals surface area contributed by atoms with E-state index in [1.807, 2.05) is 13.8 Å². The number of hydrogen-bond acceptors (Lipinski definition) is 4. The number of carbonyl (C=O) groups excluding carboxylic acids is 1. The minimum atomic E-state index is -0.246. The van der Waals surface area contributed by atoms with Crippen LogP contribution in [0.5, 0.6) is 0 Å². The van der Waals surface area contributed by atoms with Gasteiger partial charge in [0.1, 0.15) is 6.04 Å². The van der Waals surface area contributed by atoms with Gasteiger partial charge in [-0.05, 0) is 31.7 Å². The van der Waals surface area contributed by atoms with Crippen molar-refractivity contribution < 1.29 is 14.3 Å². The standard InChI is InChI=1S/C14H29NO3/c1-6-15-12(13(16)18-7-2)8-10-17-11-9-14(3,4)5/h12,15H,6-11H2,1-5H3. The van der Waals surface area contributed by atoms with Crippen molar-refractivity contribution in [2.24, 2.45) is 5.41 Å². The van der Waals surface area contributed by atoms with E-state index in [0.29, 0.717) is 25.0 Å². The van der Waals surface area contributed by atoms with E-state index < -0.39 is 0 Å². The van der Waals surface area contributed by atoms with Crippen molar-refractivity contribution in [3.8, 4) is 0 Å². The molecule has 0 aliphatic carbocycles. The molecule has 1 unspecified atom stereocenters. The summed E-state index contributed by atoms with van der Waals surface area (Å²) in [5, 5.41) is 3.12. The molecule has 0 aliphatic rings. The minimum absolute atomic E-state index is 0.182. The number of rotatable bonds is 9. The number of nitrogens with one attached hydrogen (secondary N) is 1. The lowest BCUT2D eigenvalue weighted by atomic mass is 9.93. The average molecular weight is 259 g/mol. The largest absolute Gasteiger partial charge is 0.465 e. The highest BCUT2D eigenvalue weighted by Crippen LogP contribution is 2.17. The zero-order valence-corrected chi connectivity index (χ0v) is 12.5. The maximum Gasteiger partial charge on any atom is 0.323 e. The Bertz CT molecular complexity index is 224. The van der Waals surface area contributed by atoms with Gasteiger partial charge in [-0.15, -0.1) is 0 Å². The van der Waals surface area contributed by atoms with Crippen molar-refractivity contribution in [2.45, 2.75) is 53.5 Å². The van der Waals surface area contributed by atoms with Gasteiger partial charge in [0.25, 0.3) is 0 Å². The molecule has 1 N–H and O–H groups in total. The zero-order valence-electron chi connectivity index (χ0n) is 12.5. The first-order valence-corrected chi connectivity index (χ1v) is 6.88. The third-order valence-electron chi connectivity index (χ3n) is 2.57. The van der Waals surface area contributed by atoms with E-state index in [1.165, 1.54) is 0 Å². The second-order valence-electron chi connectivity index (χ2n) is 5.57. The van der Waals surface area contributed by atoms with Crippen molar-refractivity contribution in [2.75, 3.05) is 26.4 Å². The van der Waals surface area contributed by atoms with Crippen molar-refractivity contribution >= 4 is 5.97 Å². The summed E-state index contributed by atoms with van der Waals surface area (Å²) in [4.78, 5) is 11.6. The molecular weight excluding hydrogens is 230 g/mol. The summed E-state index contributed by atoms with van der Waals surface area (Å²) >= 11 is 0. The Morgan fingerprint density at radius 2 is 1.89 bits per heavy atom. The van der Waals surface area contributed by atoms with Gasteiger partial charge in [-0.25, -0.2) is 0 Å². The molecule has 4 heteroatoms. The van der Waals surface area contributed by atoms with Gasteiger partial charge in [-0.3, -0.25) is 4.79 Å². The summed E-state index contributed by atoms with van der Waals surface area (Å²) in [5.74, 6) is -0.182. The van der Waals surface area contributed by atoms with E-state index in [9.17, 15) is 4.79 Å². The lowest BCUT2D eigenvalue weighted by Gasteiger charge is -2.19. The van der Waals surface area contributed by atoms with E-state index in [0.717, 1.165) is 19.6 Å². The van der Waals surface area contributed by atoms with Crippen molar-refractivity contribution in [3.63, 3.8) is 0 Å². The zero-order chi connectivity index (χ0) is 14.0. The summed E-state index contributed by atoms with van der Waals surface area (Å²) in [6.07, 6.45) is 1.69. The second-order valence-corrected chi connectivity index (χ2v) is 5.57. The minimum Gasteiger partial charge on any atom is -0.465 e. The van der Waals surface area contributed by atoms with Crippen molar-refractivity contribution in [1.82, 2.24) is 5.32 Å². The van der Waals surface area contributed by atoms with Crippen LogP contribution in [0.15, 0.2) is 0 Å². The van der Waals surface area contributed by atoms with Crippen LogP contribution in [0.1, 0.15) is 47.5 Å². The van der Waals surface area contributed by atoms with Crippen LogP contribution in [0.25, 0.3) is 0 Å². The van der Waals surface area contributed by atoms with E-state index in [1.54, 1.807) is 0 Å². The van der Waals surface area contributed by atoms with E-state index in [4.69, 9.17) is 9.47 Å². The maximum atomic E-state index is 11.6. The van der Waals surface area contributed by atoms with Crippen LogP contribution >= 0.6 is 0 Å². The smallest absolute Gasteiger partial charge is 0.323 e. The Kier molecular flexibility index (Phi) is 9.02. The Morgan fingerprint density at radius 3 is 2.39 bits per heavy atom. The van der Waals surface area contributed by atoms with Gasteiger partial charge in [0.15, 0.2) is 0 Å². The SMILES string of the molecule is CCNC(CCOCCC(C)(C)C)C(=O)OCC. The lowest BCUT2D eigenvalue weighted by molar-refractivity contribution is -0.146. The summed E-state index contributed by atoms with van der Waals surface area (Å²) in [5.41, 5.74) is 0.294. The molecule has 0 spiro atoms. The number of esters is 1. The summed E-state index contributed by atoms with van der Waals surface area (Å²) in [6.45, 7) is 12.9. The molecule has 0 aromatic carbocycles. The molecule has 0 radical (unpaired) electrons. The molecule has 0 aromatic heterocycles. The van der Waals surface area contributed by atoms with Gasteiger partial charge in [-0.1, -0.05) is 27.7 Å². The first-order chi connectivity index (χ1) is 8.40. The monoisotopic (exact) mass is 259 g/mol. The Hall–Kier alpha value is -0.610. The Labute approximate surface area is 111 Å². The van der Waals surface area contributed by atoms with Gasteiger partial charge in [-0.2, -0.15) is 0 Å². The molecule has 0 rings (SSSR count). The predicted octanol–water partition coefficient (Wildman–Crippen LogP) is 2.37. The van der Waals surface area contributed by atoms with Crippen molar-refractivity contribution in [3.05, 3.63) is 0 Å². The van der Waals surface area contributed by atoms with Crippen LogP contribution in [0.2, 0.25) is 0 Å². The van der Waals surface area contributed by atoms with Gasteiger partial charge in [0.05, 0.1) is 6.61 Å². The summed E-state index contributed by atoms with van der Waals surface area (Å²) < 4.78 is 10.6. The topological polar surface area (TPSA) is 47.6 Å². The van der Waals surface area contributed by atoms with Gasteiger partial charge < -0.3 is 14.8 Å². The van der Waals surface area contributed by atoms with Crippen LogP contribution in [0.4, 0.5) is 0 Å². The van der Waals surface area contributed by atoms with E-state index in [2.05, 4.69) is 26.1 Å². The quantitative estimate of drug-likeness (QED) is 0.510. The second kappa shape index (κ2) is 9.34. The highest BCUT2D eigenvalue weighted by molar-refractivity contribution is 5.75. The normalized spacial score (nSPS) is 13.4. The van der Waals surface area contributed by atoms with Crippen molar-refractivity contribution in [1.29, 1.82) is 0 Å².